The van der Waals surface area contributed by atoms with Crippen LogP contribution in [0.2, 0.25) is 0 Å². The van der Waals surface area contributed by atoms with Gasteiger partial charge < -0.3 is 15.4 Å². The number of rotatable bonds is 6. The molecule has 2 amide bonds. The Hall–Kier alpha value is -1.68. The summed E-state index contributed by atoms with van der Waals surface area (Å²) in [6.45, 7) is 7.12. The third-order valence-corrected chi connectivity index (χ3v) is 7.41. The molecular weight excluding hydrogens is 392 g/mol. The molecule has 1 aromatic rings. The summed E-state index contributed by atoms with van der Waals surface area (Å²) in [5.41, 5.74) is 2.28. The number of piperidine rings is 1. The van der Waals surface area contributed by atoms with Crippen LogP contribution in [0.5, 0.6) is 0 Å². The predicted molar refractivity (Wildman–Crippen MR) is 112 cm³/mol. The van der Waals surface area contributed by atoms with E-state index in [0.29, 0.717) is 51.9 Å². The highest BCUT2D eigenvalue weighted by Crippen LogP contribution is 2.18. The molecule has 0 radical (unpaired) electrons. The van der Waals surface area contributed by atoms with Crippen molar-refractivity contribution in [3.8, 4) is 0 Å². The molecule has 3 rings (SSSR count). The molecule has 0 spiro atoms. The van der Waals surface area contributed by atoms with Gasteiger partial charge in [0.15, 0.2) is 0 Å². The quantitative estimate of drug-likeness (QED) is 0.727. The highest BCUT2D eigenvalue weighted by Gasteiger charge is 2.34. The second-order valence-corrected chi connectivity index (χ2v) is 9.87. The lowest BCUT2D eigenvalue weighted by molar-refractivity contribution is 0.0694. The number of urea groups is 1. The largest absolute Gasteiger partial charge is 0.379 e. The summed E-state index contributed by atoms with van der Waals surface area (Å²) in [6.07, 6.45) is 1.50. The molecule has 162 valence electrons. The lowest BCUT2D eigenvalue weighted by atomic mass is 10.0. The third kappa shape index (κ3) is 5.91. The second kappa shape index (κ2) is 9.88. The smallest absolute Gasteiger partial charge is 0.315 e. The van der Waals surface area contributed by atoms with E-state index in [0.717, 1.165) is 18.4 Å². The van der Waals surface area contributed by atoms with Gasteiger partial charge in [-0.05, 0) is 29.9 Å². The van der Waals surface area contributed by atoms with E-state index >= 15 is 0 Å². The van der Waals surface area contributed by atoms with Crippen molar-refractivity contribution in [2.75, 3.05) is 39.4 Å². The predicted octanol–water partition coefficient (Wildman–Crippen LogP) is 1.65. The maximum atomic E-state index is 12.8. The Morgan fingerprint density at radius 2 is 1.97 bits per heavy atom. The molecule has 1 aromatic carbocycles. The van der Waals surface area contributed by atoms with Crippen LogP contribution in [-0.2, 0) is 21.5 Å². The molecule has 1 unspecified atom stereocenters. The van der Waals surface area contributed by atoms with Crippen LogP contribution in [0.25, 0.3) is 0 Å². The van der Waals surface area contributed by atoms with Crippen LogP contribution in [0.1, 0.15) is 43.7 Å². The van der Waals surface area contributed by atoms with Gasteiger partial charge in [0.1, 0.15) is 0 Å². The Morgan fingerprint density at radius 1 is 1.21 bits per heavy atom. The molecular formula is C20H32N4O4S. The molecule has 0 bridgehead atoms. The average molecular weight is 425 g/mol. The summed E-state index contributed by atoms with van der Waals surface area (Å²) in [5, 5.41) is 5.82. The third-order valence-electron chi connectivity index (χ3n) is 5.41. The standard InChI is InChI=1S/C20H32N4O4S/c1-16(2)18-6-3-5-17(13-18)14-21-20(25)22-19-7-4-8-24(15-19)29(26,27)23-9-11-28-12-10-23/h3,5-6,13,16,19H,4,7-12,14-15H2,1-2H3,(H2,21,22,25). The van der Waals surface area contributed by atoms with Gasteiger partial charge in [-0.3, -0.25) is 0 Å². The number of hydrogen-bond acceptors (Lipinski definition) is 4. The maximum absolute atomic E-state index is 12.8. The van der Waals surface area contributed by atoms with Gasteiger partial charge in [-0.15, -0.1) is 0 Å². The number of ether oxygens (including phenoxy) is 1. The molecule has 2 heterocycles. The Labute approximate surface area is 173 Å². The summed E-state index contributed by atoms with van der Waals surface area (Å²) in [5.74, 6) is 0.436. The van der Waals surface area contributed by atoms with Crippen LogP contribution in [0, 0.1) is 0 Å². The van der Waals surface area contributed by atoms with Crippen LogP contribution < -0.4 is 10.6 Å². The Morgan fingerprint density at radius 3 is 2.69 bits per heavy atom. The Balaban J connectivity index is 1.51. The monoisotopic (exact) mass is 424 g/mol. The number of carbonyl (C=O) groups excluding carboxylic acids is 1. The SMILES string of the molecule is CC(C)c1cccc(CNC(=O)NC2CCCN(S(=O)(=O)N3CCOCC3)C2)c1. The summed E-state index contributed by atoms with van der Waals surface area (Å²) >= 11 is 0. The minimum atomic E-state index is -3.51. The van der Waals surface area contributed by atoms with Crippen molar-refractivity contribution in [2.45, 2.75) is 45.2 Å². The van der Waals surface area contributed by atoms with Crippen molar-refractivity contribution in [1.29, 1.82) is 0 Å². The first-order chi connectivity index (χ1) is 13.9. The van der Waals surface area contributed by atoms with Crippen molar-refractivity contribution in [2.24, 2.45) is 0 Å². The van der Waals surface area contributed by atoms with Gasteiger partial charge >= 0.3 is 6.03 Å². The topological polar surface area (TPSA) is 91.0 Å². The first kappa shape index (κ1) is 22.0. The molecule has 0 aliphatic carbocycles. The normalized spacial score (nSPS) is 21.8. The van der Waals surface area contributed by atoms with Gasteiger partial charge in [0, 0.05) is 38.8 Å². The van der Waals surface area contributed by atoms with E-state index in [4.69, 9.17) is 4.74 Å². The van der Waals surface area contributed by atoms with E-state index in [1.165, 1.54) is 14.2 Å². The van der Waals surface area contributed by atoms with E-state index in [2.05, 4.69) is 36.6 Å². The number of benzene rings is 1. The van der Waals surface area contributed by atoms with Crippen molar-refractivity contribution < 1.29 is 17.9 Å². The lowest BCUT2D eigenvalue weighted by Crippen LogP contribution is -2.56. The van der Waals surface area contributed by atoms with E-state index < -0.39 is 10.2 Å². The zero-order chi connectivity index (χ0) is 20.9. The lowest BCUT2D eigenvalue weighted by Gasteiger charge is -2.36. The fourth-order valence-electron chi connectivity index (χ4n) is 3.69. The second-order valence-electron chi connectivity index (χ2n) is 7.94. The van der Waals surface area contributed by atoms with Gasteiger partial charge in [-0.2, -0.15) is 17.0 Å². The Kier molecular flexibility index (Phi) is 7.50. The van der Waals surface area contributed by atoms with Crippen LogP contribution in [0.15, 0.2) is 24.3 Å². The highest BCUT2D eigenvalue weighted by atomic mass is 32.2. The van der Waals surface area contributed by atoms with E-state index in [1.54, 1.807) is 0 Å². The minimum absolute atomic E-state index is 0.193. The van der Waals surface area contributed by atoms with Crippen molar-refractivity contribution in [3.05, 3.63) is 35.4 Å². The molecule has 2 saturated heterocycles. The van der Waals surface area contributed by atoms with Crippen molar-refractivity contribution in [3.63, 3.8) is 0 Å². The first-order valence-electron chi connectivity index (χ1n) is 10.3. The van der Waals surface area contributed by atoms with Gasteiger partial charge in [0.05, 0.1) is 13.2 Å². The van der Waals surface area contributed by atoms with E-state index in [9.17, 15) is 13.2 Å². The van der Waals surface area contributed by atoms with Crippen LogP contribution in [-0.4, -0.2) is 68.5 Å². The van der Waals surface area contributed by atoms with Crippen LogP contribution >= 0.6 is 0 Å². The maximum Gasteiger partial charge on any atom is 0.315 e. The first-order valence-corrected chi connectivity index (χ1v) is 11.7. The molecule has 2 fully saturated rings. The zero-order valence-electron chi connectivity index (χ0n) is 17.3. The molecule has 2 N–H and O–H groups in total. The minimum Gasteiger partial charge on any atom is -0.379 e. The summed E-state index contributed by atoms with van der Waals surface area (Å²) in [4.78, 5) is 12.3. The van der Waals surface area contributed by atoms with Crippen molar-refractivity contribution >= 4 is 16.2 Å². The van der Waals surface area contributed by atoms with Gasteiger partial charge in [0.25, 0.3) is 10.2 Å². The van der Waals surface area contributed by atoms with Gasteiger partial charge in [-0.25, -0.2) is 4.79 Å². The number of morpholine rings is 1. The highest BCUT2D eigenvalue weighted by molar-refractivity contribution is 7.86. The van der Waals surface area contributed by atoms with Gasteiger partial charge in [-0.1, -0.05) is 38.1 Å². The van der Waals surface area contributed by atoms with Crippen LogP contribution in [0.3, 0.4) is 0 Å². The average Bonchev–Trinajstić information content (AvgIpc) is 2.73. The van der Waals surface area contributed by atoms with Crippen LogP contribution in [0.4, 0.5) is 4.79 Å². The fraction of sp³-hybridized carbons (Fsp3) is 0.650. The summed E-state index contributed by atoms with van der Waals surface area (Å²) in [7, 11) is -3.51. The molecule has 8 nitrogen and oxygen atoms in total. The zero-order valence-corrected chi connectivity index (χ0v) is 18.1. The van der Waals surface area contributed by atoms with Gasteiger partial charge in [0.2, 0.25) is 0 Å². The molecule has 9 heteroatoms. The van der Waals surface area contributed by atoms with E-state index in [-0.39, 0.29) is 12.1 Å². The molecule has 1 atom stereocenters. The summed E-state index contributed by atoms with van der Waals surface area (Å²) < 4.78 is 33.9. The summed E-state index contributed by atoms with van der Waals surface area (Å²) in [6, 6.07) is 7.71. The number of carbonyl (C=O) groups is 1. The Bertz CT molecular complexity index is 793. The molecule has 0 saturated carbocycles. The number of amides is 2. The van der Waals surface area contributed by atoms with E-state index in [1.807, 2.05) is 12.1 Å². The molecule has 2 aliphatic heterocycles. The molecule has 0 aromatic heterocycles. The molecule has 2 aliphatic rings. The number of nitrogens with one attached hydrogen (secondary N) is 2. The fourth-order valence-corrected chi connectivity index (χ4v) is 5.36. The molecule has 29 heavy (non-hydrogen) atoms. The number of nitrogens with zero attached hydrogens (tertiary/aromatic N) is 2. The van der Waals surface area contributed by atoms with Crippen molar-refractivity contribution in [1.82, 2.24) is 19.2 Å². The number of hydrogen-bond donors (Lipinski definition) is 2.